The lowest BCUT2D eigenvalue weighted by Gasteiger charge is -2.14. The Morgan fingerprint density at radius 2 is 1.68 bits per heavy atom. The molecule has 0 aliphatic rings. The third kappa shape index (κ3) is 2.81. The number of hydrogen-bond acceptors (Lipinski definition) is 2. The Labute approximate surface area is 111 Å². The maximum atomic E-state index is 13.3. The molecule has 2 rings (SSSR count). The van der Waals surface area contributed by atoms with Gasteiger partial charge in [0.1, 0.15) is 11.6 Å². The van der Waals surface area contributed by atoms with Gasteiger partial charge in [0.15, 0.2) is 0 Å². The molecule has 0 saturated carbocycles. The van der Waals surface area contributed by atoms with Crippen LogP contribution in [0.4, 0.5) is 8.78 Å². The first-order chi connectivity index (χ1) is 8.81. The van der Waals surface area contributed by atoms with E-state index in [1.807, 2.05) is 26.8 Å². The first-order valence-corrected chi connectivity index (χ1v) is 6.07. The zero-order valence-electron chi connectivity index (χ0n) is 11.2. The van der Waals surface area contributed by atoms with Gasteiger partial charge >= 0.3 is 0 Å². The molecule has 0 radical (unpaired) electrons. The summed E-state index contributed by atoms with van der Waals surface area (Å²) in [5.41, 5.74) is 7.41. The van der Waals surface area contributed by atoms with Gasteiger partial charge in [-0.05, 0) is 18.2 Å². The molecule has 5 heteroatoms. The lowest BCUT2D eigenvalue weighted by molar-refractivity contribution is 0.556. The van der Waals surface area contributed by atoms with Crippen LogP contribution in [-0.4, -0.2) is 9.78 Å². The number of halogens is 2. The lowest BCUT2D eigenvalue weighted by atomic mass is 9.92. The average Bonchev–Trinajstić information content (AvgIpc) is 2.71. The maximum Gasteiger partial charge on any atom is 0.128 e. The fourth-order valence-electron chi connectivity index (χ4n) is 1.82. The van der Waals surface area contributed by atoms with Crippen LogP contribution in [0.3, 0.4) is 0 Å². The highest BCUT2D eigenvalue weighted by Gasteiger charge is 2.20. The SMILES string of the molecule is CC(C)(C)c1cc(CN)n(-c2cc(F)cc(F)c2)n1. The second-order valence-corrected chi connectivity index (χ2v) is 5.51. The van der Waals surface area contributed by atoms with E-state index in [1.165, 1.54) is 16.8 Å². The van der Waals surface area contributed by atoms with E-state index >= 15 is 0 Å². The Balaban J connectivity index is 2.58. The van der Waals surface area contributed by atoms with E-state index in [0.717, 1.165) is 17.5 Å². The van der Waals surface area contributed by atoms with Crippen LogP contribution >= 0.6 is 0 Å². The largest absolute Gasteiger partial charge is 0.325 e. The van der Waals surface area contributed by atoms with Crippen LogP contribution in [0.15, 0.2) is 24.3 Å². The molecular formula is C14H17F2N3. The minimum Gasteiger partial charge on any atom is -0.325 e. The molecule has 19 heavy (non-hydrogen) atoms. The highest BCUT2D eigenvalue weighted by atomic mass is 19.1. The molecule has 0 bridgehead atoms. The highest BCUT2D eigenvalue weighted by Crippen LogP contribution is 2.24. The van der Waals surface area contributed by atoms with Gasteiger partial charge in [0.2, 0.25) is 0 Å². The fourth-order valence-corrected chi connectivity index (χ4v) is 1.82. The molecule has 102 valence electrons. The van der Waals surface area contributed by atoms with Crippen molar-refractivity contribution < 1.29 is 8.78 Å². The van der Waals surface area contributed by atoms with E-state index < -0.39 is 11.6 Å². The molecule has 0 saturated heterocycles. The summed E-state index contributed by atoms with van der Waals surface area (Å²) in [4.78, 5) is 0. The van der Waals surface area contributed by atoms with E-state index in [2.05, 4.69) is 5.10 Å². The Morgan fingerprint density at radius 1 is 1.11 bits per heavy atom. The van der Waals surface area contributed by atoms with E-state index in [-0.39, 0.29) is 12.0 Å². The number of hydrogen-bond donors (Lipinski definition) is 1. The molecule has 1 heterocycles. The summed E-state index contributed by atoms with van der Waals surface area (Å²) in [5, 5.41) is 4.41. The molecule has 0 spiro atoms. The molecule has 2 N–H and O–H groups in total. The van der Waals surface area contributed by atoms with E-state index in [1.54, 1.807) is 0 Å². The molecule has 0 amide bonds. The first kappa shape index (κ1) is 13.7. The molecule has 2 aromatic rings. The van der Waals surface area contributed by atoms with Crippen molar-refractivity contribution in [3.8, 4) is 5.69 Å². The summed E-state index contributed by atoms with van der Waals surface area (Å²) in [6, 6.07) is 5.17. The minimum atomic E-state index is -0.634. The third-order valence-electron chi connectivity index (χ3n) is 2.85. The smallest absolute Gasteiger partial charge is 0.128 e. The van der Waals surface area contributed by atoms with Crippen LogP contribution in [-0.2, 0) is 12.0 Å². The second-order valence-electron chi connectivity index (χ2n) is 5.51. The van der Waals surface area contributed by atoms with Gasteiger partial charge in [-0.15, -0.1) is 0 Å². The van der Waals surface area contributed by atoms with Crippen LogP contribution < -0.4 is 5.73 Å². The standard InChI is InChI=1S/C14H17F2N3/c1-14(2,3)13-7-12(8-17)19(18-13)11-5-9(15)4-10(16)6-11/h4-7H,8,17H2,1-3H3. The minimum absolute atomic E-state index is 0.152. The van der Waals surface area contributed by atoms with Crippen LogP contribution in [0.25, 0.3) is 5.69 Å². The number of rotatable bonds is 2. The second kappa shape index (κ2) is 4.74. The topological polar surface area (TPSA) is 43.8 Å². The number of benzene rings is 1. The molecule has 0 aliphatic carbocycles. The zero-order chi connectivity index (χ0) is 14.2. The van der Waals surface area contributed by atoms with Crippen molar-refractivity contribution in [3.05, 3.63) is 47.3 Å². The number of nitrogens with zero attached hydrogens (tertiary/aromatic N) is 2. The predicted molar refractivity (Wildman–Crippen MR) is 70.1 cm³/mol. The Kier molecular flexibility index (Phi) is 3.41. The fraction of sp³-hybridized carbons (Fsp3) is 0.357. The van der Waals surface area contributed by atoms with Gasteiger partial charge in [-0.25, -0.2) is 13.5 Å². The molecule has 1 aromatic heterocycles. The van der Waals surface area contributed by atoms with Gasteiger partial charge in [-0.2, -0.15) is 5.10 Å². The number of aromatic nitrogens is 2. The van der Waals surface area contributed by atoms with Crippen molar-refractivity contribution in [3.63, 3.8) is 0 Å². The monoisotopic (exact) mass is 265 g/mol. The van der Waals surface area contributed by atoms with Gasteiger partial charge < -0.3 is 5.73 Å². The third-order valence-corrected chi connectivity index (χ3v) is 2.85. The Bertz CT molecular complexity index is 577. The molecular weight excluding hydrogens is 248 g/mol. The average molecular weight is 265 g/mol. The van der Waals surface area contributed by atoms with Gasteiger partial charge in [0.25, 0.3) is 0 Å². The van der Waals surface area contributed by atoms with Gasteiger partial charge in [-0.3, -0.25) is 0 Å². The zero-order valence-corrected chi connectivity index (χ0v) is 11.2. The maximum absolute atomic E-state index is 13.3. The highest BCUT2D eigenvalue weighted by molar-refractivity contribution is 5.35. The summed E-state index contributed by atoms with van der Waals surface area (Å²) >= 11 is 0. The van der Waals surface area contributed by atoms with Crippen molar-refractivity contribution >= 4 is 0 Å². The summed E-state index contributed by atoms with van der Waals surface area (Å²) in [6.07, 6.45) is 0. The van der Waals surface area contributed by atoms with Crippen LogP contribution in [0.2, 0.25) is 0 Å². The lowest BCUT2D eigenvalue weighted by Crippen LogP contribution is -2.13. The summed E-state index contributed by atoms with van der Waals surface area (Å²) < 4.78 is 28.0. The van der Waals surface area contributed by atoms with Gasteiger partial charge in [0, 0.05) is 18.0 Å². The molecule has 3 nitrogen and oxygen atoms in total. The summed E-state index contributed by atoms with van der Waals surface area (Å²) in [7, 11) is 0. The van der Waals surface area contributed by atoms with Crippen LogP contribution in [0.1, 0.15) is 32.2 Å². The number of nitrogens with two attached hydrogens (primary N) is 1. The van der Waals surface area contributed by atoms with Crippen LogP contribution in [0, 0.1) is 11.6 Å². The molecule has 0 atom stereocenters. The van der Waals surface area contributed by atoms with Crippen LogP contribution in [0.5, 0.6) is 0 Å². The van der Waals surface area contributed by atoms with Crippen molar-refractivity contribution in [2.75, 3.05) is 0 Å². The summed E-state index contributed by atoms with van der Waals surface area (Å²) in [6.45, 7) is 6.31. The molecule has 0 aliphatic heterocycles. The predicted octanol–water partition coefficient (Wildman–Crippen LogP) is 2.91. The van der Waals surface area contributed by atoms with E-state index in [4.69, 9.17) is 5.73 Å². The quantitative estimate of drug-likeness (QED) is 0.907. The van der Waals surface area contributed by atoms with Crippen molar-refractivity contribution in [2.24, 2.45) is 5.73 Å². The van der Waals surface area contributed by atoms with Gasteiger partial charge in [0.05, 0.1) is 17.1 Å². The Morgan fingerprint density at radius 3 is 2.16 bits per heavy atom. The molecule has 1 aromatic carbocycles. The van der Waals surface area contributed by atoms with E-state index in [9.17, 15) is 8.78 Å². The van der Waals surface area contributed by atoms with E-state index in [0.29, 0.717) is 5.69 Å². The van der Waals surface area contributed by atoms with Gasteiger partial charge in [-0.1, -0.05) is 20.8 Å². The normalized spacial score (nSPS) is 11.9. The molecule has 0 unspecified atom stereocenters. The Hall–Kier alpha value is -1.75. The van der Waals surface area contributed by atoms with Crippen molar-refractivity contribution in [2.45, 2.75) is 32.7 Å². The molecule has 0 fully saturated rings. The van der Waals surface area contributed by atoms with Crippen molar-refractivity contribution in [1.29, 1.82) is 0 Å². The summed E-state index contributed by atoms with van der Waals surface area (Å²) in [5.74, 6) is -1.27. The first-order valence-electron chi connectivity index (χ1n) is 6.07. The van der Waals surface area contributed by atoms with Crippen molar-refractivity contribution in [1.82, 2.24) is 9.78 Å².